The number of imide groups is 1. The predicted octanol–water partition coefficient (Wildman–Crippen LogP) is 2.04. The Hall–Kier alpha value is -3.00. The Balaban J connectivity index is 1.66. The van der Waals surface area contributed by atoms with Crippen LogP contribution in [0, 0.1) is 16.0 Å². The van der Waals surface area contributed by atoms with Gasteiger partial charge in [-0.15, -0.1) is 0 Å². The van der Waals surface area contributed by atoms with Crippen LogP contribution in [-0.2, 0) is 4.79 Å². The number of aliphatic hydroxyl groups excluding tert-OH is 1. The third kappa shape index (κ3) is 1.76. The van der Waals surface area contributed by atoms with Gasteiger partial charge in [0.15, 0.2) is 0 Å². The summed E-state index contributed by atoms with van der Waals surface area (Å²) < 4.78 is 0. The zero-order valence-electron chi connectivity index (χ0n) is 13.6. The summed E-state index contributed by atoms with van der Waals surface area (Å²) in [6.45, 7) is 0. The summed E-state index contributed by atoms with van der Waals surface area (Å²) in [6, 6.07) is 8.14. The molecule has 0 unspecified atom stereocenters. The number of nitro benzene ring substituents is 1. The molecule has 2 aliphatic heterocycles. The van der Waals surface area contributed by atoms with Crippen molar-refractivity contribution < 1.29 is 19.6 Å². The largest absolute Gasteiger partial charge is 0.391 e. The molecule has 8 heteroatoms. The Morgan fingerprint density at radius 1 is 1.08 bits per heavy atom. The van der Waals surface area contributed by atoms with Gasteiger partial charge in [-0.1, -0.05) is 18.2 Å². The smallest absolute Gasteiger partial charge is 0.332 e. The number of benzene rings is 2. The van der Waals surface area contributed by atoms with Crippen molar-refractivity contribution in [1.29, 1.82) is 0 Å². The molecule has 3 fully saturated rings. The highest BCUT2D eigenvalue weighted by Gasteiger charge is 2.62. The fourth-order valence-corrected chi connectivity index (χ4v) is 4.79. The van der Waals surface area contributed by atoms with Crippen LogP contribution < -0.4 is 4.90 Å². The maximum Gasteiger partial charge on any atom is 0.332 e. The van der Waals surface area contributed by atoms with E-state index in [4.69, 9.17) is 0 Å². The van der Waals surface area contributed by atoms with Gasteiger partial charge >= 0.3 is 6.03 Å². The van der Waals surface area contributed by atoms with E-state index in [0.717, 1.165) is 4.90 Å². The van der Waals surface area contributed by atoms with Crippen molar-refractivity contribution in [1.82, 2.24) is 4.90 Å². The zero-order chi connectivity index (χ0) is 18.2. The second-order valence-electron chi connectivity index (χ2n) is 7.08. The number of hydrogen-bond acceptors (Lipinski definition) is 5. The maximum absolute atomic E-state index is 13.0. The lowest BCUT2D eigenvalue weighted by Crippen LogP contribution is -2.47. The number of non-ortho nitro benzene ring substituents is 1. The molecule has 26 heavy (non-hydrogen) atoms. The molecule has 1 aliphatic carbocycles. The van der Waals surface area contributed by atoms with Crippen LogP contribution in [0.4, 0.5) is 16.2 Å². The molecule has 5 rings (SSSR count). The van der Waals surface area contributed by atoms with Crippen molar-refractivity contribution in [2.24, 2.45) is 5.92 Å². The van der Waals surface area contributed by atoms with E-state index in [1.54, 1.807) is 24.3 Å². The Bertz CT molecular complexity index is 990. The van der Waals surface area contributed by atoms with E-state index in [2.05, 4.69) is 0 Å². The number of piperidine rings is 1. The summed E-state index contributed by atoms with van der Waals surface area (Å²) in [4.78, 5) is 39.4. The van der Waals surface area contributed by atoms with E-state index in [1.807, 2.05) is 0 Å². The maximum atomic E-state index is 13.0. The molecule has 4 atom stereocenters. The number of rotatable bonds is 2. The number of nitro groups is 1. The van der Waals surface area contributed by atoms with Crippen LogP contribution in [0.3, 0.4) is 0 Å². The predicted molar refractivity (Wildman–Crippen MR) is 91.6 cm³/mol. The summed E-state index contributed by atoms with van der Waals surface area (Å²) in [6.07, 6.45) is 0.583. The minimum atomic E-state index is -0.596. The summed E-state index contributed by atoms with van der Waals surface area (Å²) in [5.74, 6) is -0.339. The van der Waals surface area contributed by atoms with E-state index in [0.29, 0.717) is 29.3 Å². The number of amides is 3. The normalized spacial score (nSPS) is 29.7. The molecule has 3 amide bonds. The summed E-state index contributed by atoms with van der Waals surface area (Å²) >= 11 is 0. The molecule has 0 spiro atoms. The number of carbonyl (C=O) groups excluding carboxylic acids is 2. The van der Waals surface area contributed by atoms with Gasteiger partial charge in [0, 0.05) is 11.5 Å². The molecule has 0 aromatic heterocycles. The van der Waals surface area contributed by atoms with E-state index >= 15 is 0 Å². The van der Waals surface area contributed by atoms with Crippen molar-refractivity contribution in [3.8, 4) is 0 Å². The van der Waals surface area contributed by atoms with Gasteiger partial charge in [0.1, 0.15) is 6.04 Å². The zero-order valence-corrected chi connectivity index (χ0v) is 13.6. The molecule has 0 radical (unpaired) electrons. The van der Waals surface area contributed by atoms with Crippen LogP contribution in [0.5, 0.6) is 0 Å². The molecule has 1 saturated carbocycles. The van der Waals surface area contributed by atoms with Crippen molar-refractivity contribution >= 4 is 34.1 Å². The second kappa shape index (κ2) is 5.01. The fraction of sp³-hybridized carbons (Fsp3) is 0.333. The van der Waals surface area contributed by atoms with Gasteiger partial charge in [-0.05, 0) is 30.9 Å². The van der Waals surface area contributed by atoms with Crippen LogP contribution in [0.2, 0.25) is 0 Å². The second-order valence-corrected chi connectivity index (χ2v) is 7.08. The van der Waals surface area contributed by atoms with Crippen molar-refractivity contribution in [2.75, 3.05) is 4.90 Å². The van der Waals surface area contributed by atoms with Crippen molar-refractivity contribution in [3.05, 3.63) is 46.5 Å². The lowest BCUT2D eigenvalue weighted by molar-refractivity contribution is -0.383. The van der Waals surface area contributed by atoms with Gasteiger partial charge in [-0.3, -0.25) is 14.9 Å². The molecular formula is C18H15N3O5. The lowest BCUT2D eigenvalue weighted by Gasteiger charge is -2.29. The van der Waals surface area contributed by atoms with Gasteiger partial charge in [-0.25, -0.2) is 9.69 Å². The molecule has 8 nitrogen and oxygen atoms in total. The third-order valence-electron chi connectivity index (χ3n) is 5.84. The monoisotopic (exact) mass is 353 g/mol. The highest BCUT2D eigenvalue weighted by atomic mass is 16.6. The quantitative estimate of drug-likeness (QED) is 0.505. The van der Waals surface area contributed by atoms with Gasteiger partial charge < -0.3 is 10.0 Å². The van der Waals surface area contributed by atoms with Crippen LogP contribution in [-0.4, -0.2) is 45.1 Å². The minimum absolute atomic E-state index is 0.0271. The van der Waals surface area contributed by atoms with E-state index in [1.165, 1.54) is 17.0 Å². The summed E-state index contributed by atoms with van der Waals surface area (Å²) in [7, 11) is 0. The third-order valence-corrected chi connectivity index (χ3v) is 5.84. The van der Waals surface area contributed by atoms with E-state index in [-0.39, 0.29) is 23.6 Å². The first-order chi connectivity index (χ1) is 12.5. The first-order valence-electron chi connectivity index (χ1n) is 8.49. The SMILES string of the molecule is O=C1[C@@H]2[C@@H]3C[C@@H](O)[C@@H](C3)N2C(=O)N1c1ccc([N+](=O)[O-])c2ccccc12. The first kappa shape index (κ1) is 15.3. The highest BCUT2D eigenvalue weighted by Crippen LogP contribution is 2.48. The molecular weight excluding hydrogens is 338 g/mol. The highest BCUT2D eigenvalue weighted by molar-refractivity contribution is 6.25. The Morgan fingerprint density at radius 2 is 1.81 bits per heavy atom. The average Bonchev–Trinajstić information content (AvgIpc) is 3.25. The molecule has 1 N–H and O–H groups in total. The number of anilines is 1. The molecule has 2 saturated heterocycles. The van der Waals surface area contributed by atoms with Gasteiger partial charge in [0.05, 0.1) is 28.1 Å². The Kier molecular flexibility index (Phi) is 2.94. The van der Waals surface area contributed by atoms with Crippen LogP contribution >= 0.6 is 0 Å². The van der Waals surface area contributed by atoms with Crippen LogP contribution in [0.1, 0.15) is 12.8 Å². The van der Waals surface area contributed by atoms with Crippen molar-refractivity contribution in [3.63, 3.8) is 0 Å². The number of urea groups is 1. The lowest BCUT2D eigenvalue weighted by atomic mass is 9.98. The molecule has 132 valence electrons. The van der Waals surface area contributed by atoms with E-state index in [9.17, 15) is 24.8 Å². The summed E-state index contributed by atoms with van der Waals surface area (Å²) in [5.41, 5.74) is 0.281. The Labute approximate surface area is 147 Å². The average molecular weight is 353 g/mol. The molecule has 2 aromatic rings. The minimum Gasteiger partial charge on any atom is -0.391 e. The van der Waals surface area contributed by atoms with Crippen molar-refractivity contribution in [2.45, 2.75) is 31.0 Å². The fourth-order valence-electron chi connectivity index (χ4n) is 4.79. The van der Waals surface area contributed by atoms with Crippen LogP contribution in [0.25, 0.3) is 10.8 Å². The number of carbonyl (C=O) groups is 2. The molecule has 2 aromatic carbocycles. The van der Waals surface area contributed by atoms with Gasteiger partial charge in [0.2, 0.25) is 0 Å². The standard InChI is InChI=1S/C18H15N3O5/c22-15-8-9-7-14(15)19-16(9)17(23)20(18(19)24)12-5-6-13(21(25)26)11-4-2-1-3-10(11)12/h1-6,9,14-16,22H,7-8H2/t9-,14+,15+,16-/m0/s1. The number of hydrogen-bond donors (Lipinski definition) is 1. The number of aliphatic hydroxyl groups is 1. The molecule has 2 bridgehead atoms. The topological polar surface area (TPSA) is 104 Å². The first-order valence-corrected chi connectivity index (χ1v) is 8.49. The van der Waals surface area contributed by atoms with Gasteiger partial charge in [0.25, 0.3) is 11.6 Å². The summed E-state index contributed by atoms with van der Waals surface area (Å²) in [5, 5.41) is 22.3. The van der Waals surface area contributed by atoms with E-state index < -0.39 is 23.1 Å². The number of fused-ring (bicyclic) bond motifs is 6. The Morgan fingerprint density at radius 3 is 2.54 bits per heavy atom. The molecule has 3 aliphatic rings. The number of nitrogens with zero attached hydrogens (tertiary/aromatic N) is 3. The van der Waals surface area contributed by atoms with Crippen LogP contribution in [0.15, 0.2) is 36.4 Å². The molecule has 2 heterocycles. The van der Waals surface area contributed by atoms with Gasteiger partial charge in [-0.2, -0.15) is 0 Å².